The van der Waals surface area contributed by atoms with Crippen LogP contribution in [0.2, 0.25) is 0 Å². The van der Waals surface area contributed by atoms with Crippen LogP contribution in [0.5, 0.6) is 0 Å². The van der Waals surface area contributed by atoms with Gasteiger partial charge in [-0.3, -0.25) is 0 Å². The SMILES string of the molecule is CCNC(c1cccc(F)c1)c1cccc(C2CCC2)c1. The highest BCUT2D eigenvalue weighted by Crippen LogP contribution is 2.37. The van der Waals surface area contributed by atoms with E-state index in [2.05, 4.69) is 36.5 Å². The molecule has 0 spiro atoms. The fraction of sp³-hybridized carbons (Fsp3) is 0.368. The van der Waals surface area contributed by atoms with Gasteiger partial charge in [0.05, 0.1) is 6.04 Å². The average molecular weight is 283 g/mol. The van der Waals surface area contributed by atoms with E-state index < -0.39 is 0 Å². The number of rotatable bonds is 5. The van der Waals surface area contributed by atoms with E-state index in [9.17, 15) is 4.39 Å². The van der Waals surface area contributed by atoms with Crippen molar-refractivity contribution < 1.29 is 4.39 Å². The third kappa shape index (κ3) is 3.16. The average Bonchev–Trinajstić information content (AvgIpc) is 2.43. The third-order valence-corrected chi connectivity index (χ3v) is 4.41. The minimum absolute atomic E-state index is 0.0609. The molecule has 1 saturated carbocycles. The third-order valence-electron chi connectivity index (χ3n) is 4.41. The maximum atomic E-state index is 13.5. The summed E-state index contributed by atoms with van der Waals surface area (Å²) in [7, 11) is 0. The van der Waals surface area contributed by atoms with Gasteiger partial charge in [0, 0.05) is 0 Å². The lowest BCUT2D eigenvalue weighted by Crippen LogP contribution is -2.22. The normalized spacial score (nSPS) is 16.5. The first-order chi connectivity index (χ1) is 10.3. The maximum absolute atomic E-state index is 13.5. The second kappa shape index (κ2) is 6.40. The Labute approximate surface area is 126 Å². The molecule has 1 unspecified atom stereocenters. The van der Waals surface area contributed by atoms with Crippen LogP contribution in [-0.2, 0) is 0 Å². The van der Waals surface area contributed by atoms with Crippen molar-refractivity contribution in [2.75, 3.05) is 6.54 Å². The van der Waals surface area contributed by atoms with Crippen molar-refractivity contribution in [3.05, 3.63) is 71.0 Å². The molecular weight excluding hydrogens is 261 g/mol. The van der Waals surface area contributed by atoms with E-state index in [0.717, 1.165) is 18.0 Å². The minimum Gasteiger partial charge on any atom is -0.307 e. The van der Waals surface area contributed by atoms with Gasteiger partial charge in [0.15, 0.2) is 0 Å². The fourth-order valence-electron chi connectivity index (χ4n) is 3.05. The summed E-state index contributed by atoms with van der Waals surface area (Å²) in [6.07, 6.45) is 3.94. The standard InChI is InChI=1S/C19H22FN/c1-2-21-19(17-10-5-11-18(20)13-17)16-9-4-8-15(12-16)14-6-3-7-14/h4-5,8-14,19,21H,2-3,6-7H2,1H3. The van der Waals surface area contributed by atoms with Crippen LogP contribution < -0.4 is 5.32 Å². The molecule has 0 heterocycles. The number of halogens is 1. The van der Waals surface area contributed by atoms with Gasteiger partial charge in [-0.15, -0.1) is 0 Å². The molecule has 2 heteroatoms. The molecule has 21 heavy (non-hydrogen) atoms. The summed E-state index contributed by atoms with van der Waals surface area (Å²) >= 11 is 0. The highest BCUT2D eigenvalue weighted by Gasteiger charge is 2.21. The quantitative estimate of drug-likeness (QED) is 0.831. The monoisotopic (exact) mass is 283 g/mol. The van der Waals surface area contributed by atoms with Gasteiger partial charge in [-0.05, 0) is 54.1 Å². The van der Waals surface area contributed by atoms with E-state index in [1.807, 2.05) is 6.07 Å². The molecule has 1 atom stereocenters. The van der Waals surface area contributed by atoms with E-state index in [1.54, 1.807) is 12.1 Å². The summed E-state index contributed by atoms with van der Waals surface area (Å²) in [6, 6.07) is 15.8. The lowest BCUT2D eigenvalue weighted by molar-refractivity contribution is 0.419. The maximum Gasteiger partial charge on any atom is 0.123 e. The second-order valence-electron chi connectivity index (χ2n) is 5.84. The predicted octanol–water partition coefficient (Wildman–Crippen LogP) is 4.79. The van der Waals surface area contributed by atoms with Crippen LogP contribution in [0.25, 0.3) is 0 Å². The van der Waals surface area contributed by atoms with E-state index in [4.69, 9.17) is 0 Å². The first-order valence-electron chi connectivity index (χ1n) is 7.86. The van der Waals surface area contributed by atoms with Crippen LogP contribution in [-0.4, -0.2) is 6.54 Å². The van der Waals surface area contributed by atoms with Gasteiger partial charge in [0.2, 0.25) is 0 Å². The molecule has 110 valence electrons. The van der Waals surface area contributed by atoms with Gasteiger partial charge in [-0.25, -0.2) is 4.39 Å². The molecule has 1 fully saturated rings. The lowest BCUT2D eigenvalue weighted by atomic mass is 9.79. The van der Waals surface area contributed by atoms with Gasteiger partial charge >= 0.3 is 0 Å². The van der Waals surface area contributed by atoms with E-state index in [0.29, 0.717) is 0 Å². The van der Waals surface area contributed by atoms with E-state index in [1.165, 1.54) is 36.5 Å². The molecule has 0 radical (unpaired) electrons. The van der Waals surface area contributed by atoms with Gasteiger partial charge in [0.1, 0.15) is 5.82 Å². The molecule has 0 saturated heterocycles. The Bertz CT molecular complexity index is 604. The molecule has 3 rings (SSSR count). The Morgan fingerprint density at radius 3 is 2.43 bits per heavy atom. The Hall–Kier alpha value is -1.67. The Morgan fingerprint density at radius 1 is 1.10 bits per heavy atom. The minimum atomic E-state index is -0.175. The van der Waals surface area contributed by atoms with E-state index in [-0.39, 0.29) is 11.9 Å². The molecule has 0 aliphatic heterocycles. The van der Waals surface area contributed by atoms with Crippen molar-refractivity contribution in [1.29, 1.82) is 0 Å². The van der Waals surface area contributed by atoms with Gasteiger partial charge in [0.25, 0.3) is 0 Å². The van der Waals surface area contributed by atoms with Crippen molar-refractivity contribution in [3.63, 3.8) is 0 Å². The molecule has 2 aromatic rings. The topological polar surface area (TPSA) is 12.0 Å². The van der Waals surface area contributed by atoms with Crippen LogP contribution in [0.3, 0.4) is 0 Å². The summed E-state index contributed by atoms with van der Waals surface area (Å²) in [5.41, 5.74) is 3.65. The smallest absolute Gasteiger partial charge is 0.123 e. The summed E-state index contributed by atoms with van der Waals surface area (Å²) in [5.74, 6) is 0.547. The van der Waals surface area contributed by atoms with Crippen molar-refractivity contribution in [2.45, 2.75) is 38.1 Å². The molecule has 0 amide bonds. The highest BCUT2D eigenvalue weighted by molar-refractivity contribution is 5.36. The summed E-state index contributed by atoms with van der Waals surface area (Å²) in [6.45, 7) is 2.94. The number of benzene rings is 2. The summed E-state index contributed by atoms with van der Waals surface area (Å²) < 4.78 is 13.5. The van der Waals surface area contributed by atoms with Gasteiger partial charge < -0.3 is 5.32 Å². The number of nitrogens with one attached hydrogen (secondary N) is 1. The first-order valence-corrected chi connectivity index (χ1v) is 7.86. The summed E-state index contributed by atoms with van der Waals surface area (Å²) in [5, 5.41) is 3.48. The number of hydrogen-bond donors (Lipinski definition) is 1. The van der Waals surface area contributed by atoms with Gasteiger partial charge in [-0.2, -0.15) is 0 Å². The van der Waals surface area contributed by atoms with Crippen LogP contribution in [0, 0.1) is 5.82 Å². The first kappa shape index (κ1) is 14.3. The zero-order valence-corrected chi connectivity index (χ0v) is 12.5. The predicted molar refractivity (Wildman–Crippen MR) is 85.0 cm³/mol. The fourth-order valence-corrected chi connectivity index (χ4v) is 3.05. The van der Waals surface area contributed by atoms with Crippen molar-refractivity contribution in [3.8, 4) is 0 Å². The van der Waals surface area contributed by atoms with Crippen LogP contribution in [0.4, 0.5) is 4.39 Å². The number of hydrogen-bond acceptors (Lipinski definition) is 1. The molecule has 1 nitrogen and oxygen atoms in total. The van der Waals surface area contributed by atoms with Crippen molar-refractivity contribution in [2.24, 2.45) is 0 Å². The molecule has 0 aromatic heterocycles. The molecular formula is C19H22FN. The van der Waals surface area contributed by atoms with E-state index >= 15 is 0 Å². The highest BCUT2D eigenvalue weighted by atomic mass is 19.1. The zero-order chi connectivity index (χ0) is 14.7. The Morgan fingerprint density at radius 2 is 1.81 bits per heavy atom. The second-order valence-corrected chi connectivity index (χ2v) is 5.84. The summed E-state index contributed by atoms with van der Waals surface area (Å²) in [4.78, 5) is 0. The lowest BCUT2D eigenvalue weighted by Gasteiger charge is -2.27. The van der Waals surface area contributed by atoms with Crippen molar-refractivity contribution in [1.82, 2.24) is 5.32 Å². The van der Waals surface area contributed by atoms with Crippen LogP contribution in [0.15, 0.2) is 48.5 Å². The zero-order valence-electron chi connectivity index (χ0n) is 12.5. The Balaban J connectivity index is 1.93. The Kier molecular flexibility index (Phi) is 4.35. The molecule has 1 aliphatic rings. The largest absolute Gasteiger partial charge is 0.307 e. The molecule has 1 N–H and O–H groups in total. The molecule has 2 aromatic carbocycles. The van der Waals surface area contributed by atoms with Gasteiger partial charge in [-0.1, -0.05) is 49.7 Å². The van der Waals surface area contributed by atoms with Crippen molar-refractivity contribution >= 4 is 0 Å². The molecule has 0 bridgehead atoms. The van der Waals surface area contributed by atoms with Crippen LogP contribution in [0.1, 0.15) is 54.8 Å². The molecule has 1 aliphatic carbocycles. The van der Waals surface area contributed by atoms with Crippen LogP contribution >= 0.6 is 0 Å².